The average molecular weight is 326 g/mol. The fourth-order valence-corrected chi connectivity index (χ4v) is 4.71. The Labute approximate surface area is 129 Å². The van der Waals surface area contributed by atoms with Crippen molar-refractivity contribution >= 4 is 22.6 Å². The Hall–Kier alpha value is 0.120. The lowest BCUT2D eigenvalue weighted by Gasteiger charge is -2.33. The average Bonchev–Trinajstić information content (AvgIpc) is 2.39. The van der Waals surface area contributed by atoms with E-state index in [2.05, 4.69) is 17.0 Å². The van der Waals surface area contributed by atoms with Crippen molar-refractivity contribution in [3.8, 4) is 0 Å². The molecular formula is C13H28ClN3O2S. The van der Waals surface area contributed by atoms with Crippen molar-refractivity contribution in [2.45, 2.75) is 45.6 Å². The summed E-state index contributed by atoms with van der Waals surface area (Å²) in [4.78, 5) is 0. The normalized spacial score (nSPS) is 30.5. The summed E-state index contributed by atoms with van der Waals surface area (Å²) in [6.07, 6.45) is 4.35. The van der Waals surface area contributed by atoms with Gasteiger partial charge in [-0.2, -0.15) is 17.4 Å². The molecule has 0 spiro atoms. The Kier molecular flexibility index (Phi) is 7.21. The van der Waals surface area contributed by atoms with E-state index in [9.17, 15) is 8.42 Å². The minimum absolute atomic E-state index is 0. The van der Waals surface area contributed by atoms with Crippen LogP contribution >= 0.6 is 12.4 Å². The molecule has 5 nitrogen and oxygen atoms in total. The third-order valence-electron chi connectivity index (χ3n) is 4.34. The fraction of sp³-hybridized carbons (Fsp3) is 1.00. The molecule has 2 fully saturated rings. The first-order valence-electron chi connectivity index (χ1n) is 7.47. The molecule has 2 aliphatic heterocycles. The second-order valence-electron chi connectivity index (χ2n) is 6.12. The first kappa shape index (κ1) is 18.2. The summed E-state index contributed by atoms with van der Waals surface area (Å²) in [5, 5.41) is 3.34. The number of nitrogens with one attached hydrogen (secondary N) is 2. The summed E-state index contributed by atoms with van der Waals surface area (Å²) in [6, 6.07) is 0.00929. The van der Waals surface area contributed by atoms with Crippen LogP contribution in [0.5, 0.6) is 0 Å². The van der Waals surface area contributed by atoms with Gasteiger partial charge in [-0.05, 0) is 57.5 Å². The van der Waals surface area contributed by atoms with Gasteiger partial charge in [-0.3, -0.25) is 0 Å². The van der Waals surface area contributed by atoms with Gasteiger partial charge < -0.3 is 5.32 Å². The maximum Gasteiger partial charge on any atom is 0.279 e. The van der Waals surface area contributed by atoms with Crippen LogP contribution in [0.3, 0.4) is 0 Å². The lowest BCUT2D eigenvalue weighted by Crippen LogP contribution is -2.51. The van der Waals surface area contributed by atoms with Crippen LogP contribution in [0.15, 0.2) is 0 Å². The van der Waals surface area contributed by atoms with Gasteiger partial charge in [0.1, 0.15) is 0 Å². The van der Waals surface area contributed by atoms with E-state index in [4.69, 9.17) is 0 Å². The number of rotatable bonds is 4. The summed E-state index contributed by atoms with van der Waals surface area (Å²) in [6.45, 7) is 7.40. The largest absolute Gasteiger partial charge is 0.316 e. The van der Waals surface area contributed by atoms with Crippen molar-refractivity contribution in [1.29, 1.82) is 0 Å². The van der Waals surface area contributed by atoms with E-state index in [1.165, 1.54) is 0 Å². The van der Waals surface area contributed by atoms with E-state index < -0.39 is 10.2 Å². The quantitative estimate of drug-likeness (QED) is 0.820. The second kappa shape index (κ2) is 7.94. The van der Waals surface area contributed by atoms with Crippen molar-refractivity contribution in [1.82, 2.24) is 14.3 Å². The van der Waals surface area contributed by atoms with Gasteiger partial charge in [0.05, 0.1) is 0 Å². The molecule has 0 aromatic heterocycles. The predicted molar refractivity (Wildman–Crippen MR) is 84.3 cm³/mol. The Morgan fingerprint density at radius 3 is 2.65 bits per heavy atom. The Bertz CT molecular complexity index is 385. The van der Waals surface area contributed by atoms with Gasteiger partial charge in [-0.15, -0.1) is 12.4 Å². The van der Waals surface area contributed by atoms with Gasteiger partial charge in [-0.1, -0.05) is 6.92 Å². The fourth-order valence-electron chi connectivity index (χ4n) is 3.08. The number of hydrogen-bond acceptors (Lipinski definition) is 3. The molecule has 0 radical (unpaired) electrons. The summed E-state index contributed by atoms with van der Waals surface area (Å²) >= 11 is 0. The molecule has 2 rings (SSSR count). The van der Waals surface area contributed by atoms with E-state index in [0.717, 1.165) is 38.8 Å². The number of hydrogen-bond donors (Lipinski definition) is 2. The van der Waals surface area contributed by atoms with Crippen LogP contribution in [-0.4, -0.2) is 44.9 Å². The molecule has 120 valence electrons. The topological polar surface area (TPSA) is 61.4 Å². The first-order chi connectivity index (χ1) is 8.99. The minimum atomic E-state index is -3.31. The van der Waals surface area contributed by atoms with Crippen molar-refractivity contribution in [2.75, 3.05) is 26.2 Å². The smallest absolute Gasteiger partial charge is 0.279 e. The van der Waals surface area contributed by atoms with Crippen molar-refractivity contribution in [3.63, 3.8) is 0 Å². The third kappa shape index (κ3) is 4.84. The Morgan fingerprint density at radius 1 is 1.30 bits per heavy atom. The molecule has 2 heterocycles. The highest BCUT2D eigenvalue weighted by Crippen LogP contribution is 2.20. The van der Waals surface area contributed by atoms with E-state index in [1.807, 2.05) is 6.92 Å². The number of nitrogens with zero attached hydrogens (tertiary/aromatic N) is 1. The zero-order valence-corrected chi connectivity index (χ0v) is 14.1. The molecule has 20 heavy (non-hydrogen) atoms. The van der Waals surface area contributed by atoms with Gasteiger partial charge in [0.2, 0.25) is 0 Å². The van der Waals surface area contributed by atoms with Crippen LogP contribution in [0, 0.1) is 11.8 Å². The van der Waals surface area contributed by atoms with Crippen LogP contribution in [0.25, 0.3) is 0 Å². The molecule has 0 saturated carbocycles. The van der Waals surface area contributed by atoms with Crippen LogP contribution in [0.2, 0.25) is 0 Å². The summed E-state index contributed by atoms with van der Waals surface area (Å²) in [7, 11) is -3.31. The van der Waals surface area contributed by atoms with Crippen LogP contribution in [0.4, 0.5) is 0 Å². The van der Waals surface area contributed by atoms with Crippen LogP contribution in [0.1, 0.15) is 39.5 Å². The summed E-state index contributed by atoms with van der Waals surface area (Å²) in [5.74, 6) is 0.878. The highest BCUT2D eigenvalue weighted by Gasteiger charge is 2.30. The molecule has 0 aliphatic carbocycles. The molecule has 0 bridgehead atoms. The molecule has 3 atom stereocenters. The number of halogens is 1. The lowest BCUT2D eigenvalue weighted by atomic mass is 9.94. The Morgan fingerprint density at radius 2 is 2.05 bits per heavy atom. The van der Waals surface area contributed by atoms with Gasteiger partial charge in [0.15, 0.2) is 0 Å². The van der Waals surface area contributed by atoms with E-state index >= 15 is 0 Å². The molecule has 2 saturated heterocycles. The molecule has 3 unspecified atom stereocenters. The van der Waals surface area contributed by atoms with Gasteiger partial charge >= 0.3 is 0 Å². The first-order valence-corrected chi connectivity index (χ1v) is 8.91. The third-order valence-corrected chi connectivity index (χ3v) is 6.02. The second-order valence-corrected chi connectivity index (χ2v) is 7.83. The van der Waals surface area contributed by atoms with Crippen molar-refractivity contribution < 1.29 is 8.42 Å². The number of piperidine rings is 2. The lowest BCUT2D eigenvalue weighted by molar-refractivity contribution is 0.268. The highest BCUT2D eigenvalue weighted by molar-refractivity contribution is 7.87. The van der Waals surface area contributed by atoms with Gasteiger partial charge in [-0.25, -0.2) is 0 Å². The van der Waals surface area contributed by atoms with E-state index in [1.54, 1.807) is 4.31 Å². The summed E-state index contributed by atoms with van der Waals surface area (Å²) in [5.41, 5.74) is 0. The highest BCUT2D eigenvalue weighted by atomic mass is 35.5. The van der Waals surface area contributed by atoms with Gasteiger partial charge in [0.25, 0.3) is 10.2 Å². The van der Waals surface area contributed by atoms with Crippen LogP contribution in [-0.2, 0) is 10.2 Å². The summed E-state index contributed by atoms with van der Waals surface area (Å²) < 4.78 is 29.3. The van der Waals surface area contributed by atoms with Crippen molar-refractivity contribution in [3.05, 3.63) is 0 Å². The predicted octanol–water partition coefficient (Wildman–Crippen LogP) is 1.36. The molecular weight excluding hydrogens is 298 g/mol. The monoisotopic (exact) mass is 325 g/mol. The maximum absolute atomic E-state index is 12.4. The van der Waals surface area contributed by atoms with Crippen molar-refractivity contribution in [2.24, 2.45) is 11.8 Å². The standard InChI is InChI=1S/C13H27N3O2S.ClH/c1-11-5-4-8-16(10-11)19(17,18)15-12(2)13-6-3-7-14-9-13;/h11-15H,3-10H2,1-2H3;1H. The molecule has 0 aromatic rings. The molecule has 7 heteroatoms. The molecule has 0 aromatic carbocycles. The molecule has 2 aliphatic rings. The van der Waals surface area contributed by atoms with E-state index in [0.29, 0.717) is 24.9 Å². The van der Waals surface area contributed by atoms with Crippen LogP contribution < -0.4 is 10.0 Å². The molecule has 2 N–H and O–H groups in total. The maximum atomic E-state index is 12.4. The zero-order valence-electron chi connectivity index (χ0n) is 12.5. The van der Waals surface area contributed by atoms with Gasteiger partial charge in [0, 0.05) is 19.1 Å². The Balaban J connectivity index is 0.00000200. The minimum Gasteiger partial charge on any atom is -0.316 e. The van der Waals surface area contributed by atoms with E-state index in [-0.39, 0.29) is 18.4 Å². The molecule has 0 amide bonds. The zero-order chi connectivity index (χ0) is 13.9. The SMILES string of the molecule is CC1CCCN(S(=O)(=O)NC(C)C2CCCNC2)C1.Cl.